The summed E-state index contributed by atoms with van der Waals surface area (Å²) in [5, 5.41) is 1.40. The summed E-state index contributed by atoms with van der Waals surface area (Å²) in [6.45, 7) is 0. The third kappa shape index (κ3) is 2.58. The molecule has 1 aromatic heterocycles. The van der Waals surface area contributed by atoms with Gasteiger partial charge < -0.3 is 9.32 Å². The van der Waals surface area contributed by atoms with E-state index in [2.05, 4.69) is 0 Å². The van der Waals surface area contributed by atoms with Crippen LogP contribution in [-0.2, 0) is 6.18 Å². The average Bonchev–Trinajstić information content (AvgIpc) is 3.01. The highest BCUT2D eigenvalue weighted by atomic mass is 19.4. The van der Waals surface area contributed by atoms with Crippen LogP contribution in [0.25, 0.3) is 21.9 Å². The molecule has 0 fully saturated rings. The zero-order chi connectivity index (χ0) is 18.5. The third-order valence-corrected chi connectivity index (χ3v) is 4.40. The summed E-state index contributed by atoms with van der Waals surface area (Å²) in [5.41, 5.74) is 1.13. The number of fused-ring (bicyclic) bond motifs is 3. The predicted molar refractivity (Wildman–Crippen MR) is 93.2 cm³/mol. The van der Waals surface area contributed by atoms with E-state index in [0.717, 1.165) is 17.5 Å². The molecule has 0 aliphatic rings. The van der Waals surface area contributed by atoms with Gasteiger partial charge in [0.1, 0.15) is 0 Å². The van der Waals surface area contributed by atoms with Gasteiger partial charge in [-0.05, 0) is 36.4 Å². The second-order valence-electron chi connectivity index (χ2n) is 5.98. The monoisotopic (exact) mass is 359 g/mol. The number of hydrogen-bond acceptors (Lipinski definition) is 2. The van der Waals surface area contributed by atoms with Crippen molar-refractivity contribution in [3.05, 3.63) is 72.0 Å². The highest BCUT2D eigenvalue weighted by molar-refractivity contribution is 6.09. The van der Waals surface area contributed by atoms with Crippen molar-refractivity contribution >= 4 is 33.3 Å². The highest BCUT2D eigenvalue weighted by Crippen LogP contribution is 2.38. The van der Waals surface area contributed by atoms with Gasteiger partial charge in [-0.1, -0.05) is 24.3 Å². The standard InChI is InChI=1S/C20H13F4NO/c1-25(13-10-8-12(9-11-13)20(22,23)24)17-7-3-5-15-14-4-2-6-16(21)18(14)26-19(15)17/h2-11H,1H3. The summed E-state index contributed by atoms with van der Waals surface area (Å²) in [7, 11) is 1.72. The summed E-state index contributed by atoms with van der Waals surface area (Å²) in [4.78, 5) is 1.71. The van der Waals surface area contributed by atoms with Crippen molar-refractivity contribution < 1.29 is 22.0 Å². The van der Waals surface area contributed by atoms with Crippen LogP contribution in [0.15, 0.2) is 65.1 Å². The molecular formula is C20H13F4NO. The van der Waals surface area contributed by atoms with Crippen LogP contribution in [0.5, 0.6) is 0 Å². The van der Waals surface area contributed by atoms with Gasteiger partial charge >= 0.3 is 6.18 Å². The first kappa shape index (κ1) is 16.4. The Hall–Kier alpha value is -3.02. The molecule has 0 bridgehead atoms. The molecule has 1 heterocycles. The number of benzene rings is 3. The van der Waals surface area contributed by atoms with Gasteiger partial charge in [0.2, 0.25) is 0 Å². The number of nitrogens with zero attached hydrogens (tertiary/aromatic N) is 1. The summed E-state index contributed by atoms with van der Waals surface area (Å²) in [6.07, 6.45) is -4.38. The smallest absolute Gasteiger partial charge is 0.416 e. The minimum atomic E-state index is -4.38. The molecule has 0 spiro atoms. The topological polar surface area (TPSA) is 16.4 Å². The molecule has 2 nitrogen and oxygen atoms in total. The van der Waals surface area contributed by atoms with Gasteiger partial charge in [0.05, 0.1) is 11.3 Å². The number of anilines is 2. The van der Waals surface area contributed by atoms with E-state index < -0.39 is 17.6 Å². The van der Waals surface area contributed by atoms with E-state index in [1.165, 1.54) is 18.2 Å². The number of furan rings is 1. The molecule has 0 N–H and O–H groups in total. The molecule has 0 saturated carbocycles. The molecule has 132 valence electrons. The quantitative estimate of drug-likeness (QED) is 0.379. The van der Waals surface area contributed by atoms with Gasteiger partial charge in [0.15, 0.2) is 17.0 Å². The minimum absolute atomic E-state index is 0.163. The summed E-state index contributed by atoms with van der Waals surface area (Å²) in [5.74, 6) is -0.457. The molecule has 0 amide bonds. The number of rotatable bonds is 2. The Labute approximate surface area is 146 Å². The van der Waals surface area contributed by atoms with Crippen LogP contribution >= 0.6 is 0 Å². The average molecular weight is 359 g/mol. The Morgan fingerprint density at radius 2 is 1.42 bits per heavy atom. The first-order valence-corrected chi connectivity index (χ1v) is 7.87. The molecular weight excluding hydrogens is 346 g/mol. The molecule has 4 aromatic rings. The molecule has 0 saturated heterocycles. The van der Waals surface area contributed by atoms with Gasteiger partial charge in [0.25, 0.3) is 0 Å². The normalized spacial score (nSPS) is 12.0. The second kappa shape index (κ2) is 5.76. The van der Waals surface area contributed by atoms with E-state index in [0.29, 0.717) is 22.3 Å². The van der Waals surface area contributed by atoms with Gasteiger partial charge in [-0.3, -0.25) is 0 Å². The Bertz CT molecular complexity index is 1100. The Balaban J connectivity index is 1.83. The minimum Gasteiger partial charge on any atom is -0.451 e. The number of para-hydroxylation sites is 2. The van der Waals surface area contributed by atoms with E-state index in [-0.39, 0.29) is 5.58 Å². The van der Waals surface area contributed by atoms with Crippen molar-refractivity contribution in [1.82, 2.24) is 0 Å². The molecule has 0 aliphatic heterocycles. The van der Waals surface area contributed by atoms with Gasteiger partial charge in [0, 0.05) is 23.5 Å². The maximum Gasteiger partial charge on any atom is 0.416 e. The first-order valence-electron chi connectivity index (χ1n) is 7.87. The van der Waals surface area contributed by atoms with E-state index in [1.54, 1.807) is 36.2 Å². The van der Waals surface area contributed by atoms with Gasteiger partial charge in [-0.25, -0.2) is 4.39 Å². The maximum absolute atomic E-state index is 14.0. The third-order valence-electron chi connectivity index (χ3n) is 4.40. The molecule has 0 radical (unpaired) electrons. The summed E-state index contributed by atoms with van der Waals surface area (Å²) < 4.78 is 58.0. The lowest BCUT2D eigenvalue weighted by Gasteiger charge is -2.20. The predicted octanol–water partition coefficient (Wildman–Crippen LogP) is 6.51. The van der Waals surface area contributed by atoms with Crippen molar-refractivity contribution in [1.29, 1.82) is 0 Å². The zero-order valence-electron chi connectivity index (χ0n) is 13.6. The molecule has 4 rings (SSSR count). The van der Waals surface area contributed by atoms with Crippen molar-refractivity contribution in [2.75, 3.05) is 11.9 Å². The van der Waals surface area contributed by atoms with E-state index >= 15 is 0 Å². The molecule has 26 heavy (non-hydrogen) atoms. The van der Waals surface area contributed by atoms with E-state index in [4.69, 9.17) is 4.42 Å². The number of halogens is 4. The van der Waals surface area contributed by atoms with Gasteiger partial charge in [-0.15, -0.1) is 0 Å². The van der Waals surface area contributed by atoms with E-state index in [9.17, 15) is 17.6 Å². The first-order chi connectivity index (χ1) is 12.4. The Kier molecular flexibility index (Phi) is 3.64. The lowest BCUT2D eigenvalue weighted by molar-refractivity contribution is -0.137. The number of hydrogen-bond donors (Lipinski definition) is 0. The van der Waals surface area contributed by atoms with Crippen molar-refractivity contribution in [2.24, 2.45) is 0 Å². The van der Waals surface area contributed by atoms with Crippen LogP contribution in [0.3, 0.4) is 0 Å². The maximum atomic E-state index is 14.0. The van der Waals surface area contributed by atoms with Crippen molar-refractivity contribution in [3.63, 3.8) is 0 Å². The van der Waals surface area contributed by atoms with Crippen LogP contribution in [0.2, 0.25) is 0 Å². The largest absolute Gasteiger partial charge is 0.451 e. The SMILES string of the molecule is CN(c1ccc(C(F)(F)F)cc1)c1cccc2c1oc1c(F)cccc12. The second-order valence-corrected chi connectivity index (χ2v) is 5.98. The molecule has 0 atom stereocenters. The van der Waals surface area contributed by atoms with Crippen LogP contribution in [-0.4, -0.2) is 7.05 Å². The van der Waals surface area contributed by atoms with E-state index in [1.807, 2.05) is 6.07 Å². The zero-order valence-corrected chi connectivity index (χ0v) is 13.6. The van der Waals surface area contributed by atoms with Crippen molar-refractivity contribution in [3.8, 4) is 0 Å². The fourth-order valence-electron chi connectivity index (χ4n) is 3.05. The van der Waals surface area contributed by atoms with Crippen molar-refractivity contribution in [2.45, 2.75) is 6.18 Å². The fraction of sp³-hybridized carbons (Fsp3) is 0.100. The fourth-order valence-corrected chi connectivity index (χ4v) is 3.05. The molecule has 0 aliphatic carbocycles. The molecule has 0 unspecified atom stereocenters. The lowest BCUT2D eigenvalue weighted by atomic mass is 10.1. The lowest BCUT2D eigenvalue weighted by Crippen LogP contribution is -2.10. The number of alkyl halides is 3. The Morgan fingerprint density at radius 1 is 0.808 bits per heavy atom. The summed E-state index contributed by atoms with van der Waals surface area (Å²) in [6, 6.07) is 15.0. The van der Waals surface area contributed by atoms with Crippen LogP contribution < -0.4 is 4.90 Å². The highest BCUT2D eigenvalue weighted by Gasteiger charge is 2.30. The summed E-state index contributed by atoms with van der Waals surface area (Å²) >= 11 is 0. The van der Waals surface area contributed by atoms with Crippen LogP contribution in [0.1, 0.15) is 5.56 Å². The van der Waals surface area contributed by atoms with Crippen LogP contribution in [0, 0.1) is 5.82 Å². The Morgan fingerprint density at radius 3 is 2.08 bits per heavy atom. The molecule has 3 aromatic carbocycles. The van der Waals surface area contributed by atoms with Crippen LogP contribution in [0.4, 0.5) is 28.9 Å². The van der Waals surface area contributed by atoms with Gasteiger partial charge in [-0.2, -0.15) is 13.2 Å². The molecule has 6 heteroatoms.